The third-order valence-electron chi connectivity index (χ3n) is 2.89. The second-order valence-corrected chi connectivity index (χ2v) is 3.81. The largest absolute Gasteiger partial charge is 0.496 e. The van der Waals surface area contributed by atoms with Gasteiger partial charge in [-0.15, -0.1) is 0 Å². The van der Waals surface area contributed by atoms with Gasteiger partial charge in [-0.25, -0.2) is 0 Å². The smallest absolute Gasteiger partial charge is 0.153 e. The lowest BCUT2D eigenvalue weighted by Crippen LogP contribution is -2.51. The minimum atomic E-state index is 0.307. The quantitative estimate of drug-likeness (QED) is 0.719. The zero-order chi connectivity index (χ0) is 11.5. The number of benzene rings is 1. The lowest BCUT2D eigenvalue weighted by atomic mass is 10.1. The van der Waals surface area contributed by atoms with Crippen LogP contribution in [0.4, 0.5) is 5.69 Å². The van der Waals surface area contributed by atoms with Crippen molar-refractivity contribution in [3.63, 3.8) is 0 Å². The summed E-state index contributed by atoms with van der Waals surface area (Å²) in [5.41, 5.74) is 1.62. The molecule has 0 atom stereocenters. The van der Waals surface area contributed by atoms with E-state index in [1.165, 1.54) is 0 Å². The van der Waals surface area contributed by atoms with Crippen LogP contribution in [-0.4, -0.2) is 39.7 Å². The molecule has 16 heavy (non-hydrogen) atoms. The molecule has 2 rings (SSSR count). The summed E-state index contributed by atoms with van der Waals surface area (Å²) in [6.45, 7) is 1.75. The molecule has 1 aromatic rings. The average Bonchev–Trinajstić information content (AvgIpc) is 2.27. The maximum absolute atomic E-state index is 10.9. The highest BCUT2D eigenvalue weighted by atomic mass is 16.5. The molecule has 4 nitrogen and oxygen atoms in total. The standard InChI is InChI=1S/C12H15NO3/c1-15-11-6-13(7-11)10-3-4-12(16-2)9(5-10)8-14/h3-5,8,11H,6-7H2,1-2H3. The Labute approximate surface area is 94.8 Å². The van der Waals surface area contributed by atoms with Crippen molar-refractivity contribution in [1.29, 1.82) is 0 Å². The molecule has 1 heterocycles. The first kappa shape index (κ1) is 11.0. The zero-order valence-electron chi connectivity index (χ0n) is 9.47. The fourth-order valence-corrected chi connectivity index (χ4v) is 1.81. The highest BCUT2D eigenvalue weighted by Crippen LogP contribution is 2.27. The molecule has 0 saturated carbocycles. The third-order valence-corrected chi connectivity index (χ3v) is 2.89. The molecule has 1 aliphatic heterocycles. The van der Waals surface area contributed by atoms with Crippen LogP contribution in [0.15, 0.2) is 18.2 Å². The van der Waals surface area contributed by atoms with Crippen molar-refractivity contribution < 1.29 is 14.3 Å². The van der Waals surface area contributed by atoms with Crippen LogP contribution in [0.2, 0.25) is 0 Å². The van der Waals surface area contributed by atoms with Gasteiger partial charge < -0.3 is 14.4 Å². The van der Waals surface area contributed by atoms with E-state index in [-0.39, 0.29) is 0 Å². The van der Waals surface area contributed by atoms with Gasteiger partial charge in [-0.05, 0) is 18.2 Å². The maximum Gasteiger partial charge on any atom is 0.153 e. The summed E-state index contributed by atoms with van der Waals surface area (Å²) in [5.74, 6) is 0.613. The van der Waals surface area contributed by atoms with Crippen molar-refractivity contribution in [1.82, 2.24) is 0 Å². The Morgan fingerprint density at radius 3 is 2.69 bits per heavy atom. The third kappa shape index (κ3) is 1.88. The van der Waals surface area contributed by atoms with Crippen LogP contribution < -0.4 is 9.64 Å². The Morgan fingerprint density at radius 1 is 1.38 bits per heavy atom. The molecule has 0 unspecified atom stereocenters. The van der Waals surface area contributed by atoms with Crippen LogP contribution >= 0.6 is 0 Å². The Balaban J connectivity index is 2.14. The molecule has 1 fully saturated rings. The maximum atomic E-state index is 10.9. The van der Waals surface area contributed by atoms with Gasteiger partial charge >= 0.3 is 0 Å². The molecule has 0 N–H and O–H groups in total. The molecule has 86 valence electrons. The van der Waals surface area contributed by atoms with Crippen LogP contribution in [0, 0.1) is 0 Å². The number of anilines is 1. The van der Waals surface area contributed by atoms with Crippen LogP contribution in [0.25, 0.3) is 0 Å². The molecule has 1 aromatic carbocycles. The second kappa shape index (κ2) is 4.53. The van der Waals surface area contributed by atoms with E-state index in [2.05, 4.69) is 4.90 Å². The zero-order valence-corrected chi connectivity index (χ0v) is 9.47. The Hall–Kier alpha value is -1.55. The van der Waals surface area contributed by atoms with E-state index in [4.69, 9.17) is 9.47 Å². The van der Waals surface area contributed by atoms with E-state index in [9.17, 15) is 4.79 Å². The Morgan fingerprint density at radius 2 is 2.12 bits per heavy atom. The van der Waals surface area contributed by atoms with Crippen molar-refractivity contribution in [2.45, 2.75) is 6.10 Å². The number of methoxy groups -OCH3 is 2. The molecule has 0 radical (unpaired) electrons. The number of ether oxygens (including phenoxy) is 2. The number of hydrogen-bond donors (Lipinski definition) is 0. The molecule has 1 saturated heterocycles. The molecule has 4 heteroatoms. The predicted molar refractivity (Wildman–Crippen MR) is 61.4 cm³/mol. The highest BCUT2D eigenvalue weighted by Gasteiger charge is 2.26. The minimum Gasteiger partial charge on any atom is -0.496 e. The molecular formula is C12H15NO3. The van der Waals surface area contributed by atoms with Gasteiger partial charge in [0.05, 0.1) is 18.8 Å². The van der Waals surface area contributed by atoms with Gasteiger partial charge in [0, 0.05) is 25.9 Å². The summed E-state index contributed by atoms with van der Waals surface area (Å²) in [4.78, 5) is 13.0. The van der Waals surface area contributed by atoms with Crippen LogP contribution in [-0.2, 0) is 4.74 Å². The molecule has 0 amide bonds. The number of hydrogen-bond acceptors (Lipinski definition) is 4. The first-order valence-corrected chi connectivity index (χ1v) is 5.19. The predicted octanol–water partition coefficient (Wildman–Crippen LogP) is 1.34. The van der Waals surface area contributed by atoms with Gasteiger partial charge in [-0.2, -0.15) is 0 Å². The molecule has 0 bridgehead atoms. The van der Waals surface area contributed by atoms with E-state index < -0.39 is 0 Å². The molecule has 0 aliphatic carbocycles. The Bertz CT molecular complexity index is 386. The number of carbonyl (C=O) groups excluding carboxylic acids is 1. The van der Waals surface area contributed by atoms with Gasteiger partial charge in [-0.3, -0.25) is 4.79 Å². The Kier molecular flexibility index (Phi) is 3.10. The lowest BCUT2D eigenvalue weighted by Gasteiger charge is -2.40. The summed E-state index contributed by atoms with van der Waals surface area (Å²) in [7, 11) is 3.28. The van der Waals surface area contributed by atoms with Gasteiger partial charge in [0.2, 0.25) is 0 Å². The van der Waals surface area contributed by atoms with Crippen LogP contribution in [0.3, 0.4) is 0 Å². The molecular weight excluding hydrogens is 206 g/mol. The number of nitrogens with zero attached hydrogens (tertiary/aromatic N) is 1. The van der Waals surface area contributed by atoms with E-state index in [1.54, 1.807) is 14.2 Å². The summed E-state index contributed by atoms with van der Waals surface area (Å²) >= 11 is 0. The van der Waals surface area contributed by atoms with Crippen LogP contribution in [0.5, 0.6) is 5.75 Å². The summed E-state index contributed by atoms with van der Waals surface area (Å²) in [6, 6.07) is 5.62. The minimum absolute atomic E-state index is 0.307. The average molecular weight is 221 g/mol. The van der Waals surface area contributed by atoms with Crippen molar-refractivity contribution in [3.8, 4) is 5.75 Å². The van der Waals surface area contributed by atoms with Crippen LogP contribution in [0.1, 0.15) is 10.4 Å². The fourth-order valence-electron chi connectivity index (χ4n) is 1.81. The van der Waals surface area contributed by atoms with Gasteiger partial charge in [0.25, 0.3) is 0 Å². The topological polar surface area (TPSA) is 38.8 Å². The monoisotopic (exact) mass is 221 g/mol. The fraction of sp³-hybridized carbons (Fsp3) is 0.417. The normalized spacial score (nSPS) is 15.8. The lowest BCUT2D eigenvalue weighted by molar-refractivity contribution is 0.0787. The van der Waals surface area contributed by atoms with E-state index in [1.807, 2.05) is 18.2 Å². The van der Waals surface area contributed by atoms with Crippen molar-refractivity contribution in [2.75, 3.05) is 32.2 Å². The first-order valence-electron chi connectivity index (χ1n) is 5.19. The van der Waals surface area contributed by atoms with Crippen molar-refractivity contribution in [2.24, 2.45) is 0 Å². The van der Waals surface area contributed by atoms with Gasteiger partial charge in [-0.1, -0.05) is 0 Å². The van der Waals surface area contributed by atoms with Gasteiger partial charge in [0.1, 0.15) is 5.75 Å². The van der Waals surface area contributed by atoms with E-state index >= 15 is 0 Å². The van der Waals surface area contributed by atoms with E-state index in [0.717, 1.165) is 25.1 Å². The molecule has 0 spiro atoms. The SMILES string of the molecule is COc1ccc(N2CC(OC)C2)cc1C=O. The summed E-state index contributed by atoms with van der Waals surface area (Å²) < 4.78 is 10.3. The first-order chi connectivity index (χ1) is 7.78. The molecule has 0 aromatic heterocycles. The van der Waals surface area contributed by atoms with Gasteiger partial charge in [0.15, 0.2) is 6.29 Å². The summed E-state index contributed by atoms with van der Waals surface area (Å²) in [5, 5.41) is 0. The highest BCUT2D eigenvalue weighted by molar-refractivity contribution is 5.81. The molecule has 1 aliphatic rings. The summed E-state index contributed by atoms with van der Waals surface area (Å²) in [6.07, 6.45) is 1.12. The van der Waals surface area contributed by atoms with Crippen molar-refractivity contribution >= 4 is 12.0 Å². The second-order valence-electron chi connectivity index (χ2n) is 3.81. The number of aldehydes is 1. The van der Waals surface area contributed by atoms with Crippen molar-refractivity contribution in [3.05, 3.63) is 23.8 Å². The number of carbonyl (C=O) groups is 1. The number of rotatable bonds is 4. The van der Waals surface area contributed by atoms with E-state index in [0.29, 0.717) is 17.4 Å².